The quantitative estimate of drug-likeness (QED) is 0.294. The van der Waals surface area contributed by atoms with Crippen molar-refractivity contribution in [3.05, 3.63) is 54.6 Å². The van der Waals surface area contributed by atoms with Gasteiger partial charge in [0.2, 0.25) is 0 Å². The number of aromatic nitrogens is 5. The summed E-state index contributed by atoms with van der Waals surface area (Å²) in [7, 11) is -2.27. The number of nitrogens with two attached hydrogens (primary N) is 1. The first-order valence-corrected chi connectivity index (χ1v) is 14.4. The molecule has 1 aliphatic carbocycles. The molecule has 3 heterocycles. The van der Waals surface area contributed by atoms with Crippen LogP contribution in [0.5, 0.6) is 0 Å². The molecule has 3 N–H and O–H groups in total. The monoisotopic (exact) mass is 554 g/mol. The molecule has 0 atom stereocenters. The van der Waals surface area contributed by atoms with E-state index in [-0.39, 0.29) is 42.7 Å². The summed E-state index contributed by atoms with van der Waals surface area (Å²) in [6, 6.07) is 9.61. The lowest BCUT2D eigenvalue weighted by Crippen LogP contribution is -2.45. The molecule has 3 aromatic heterocycles. The van der Waals surface area contributed by atoms with Crippen LogP contribution in [0.4, 0.5) is 5.82 Å². The van der Waals surface area contributed by atoms with Gasteiger partial charge in [-0.3, -0.25) is 0 Å². The first-order chi connectivity index (χ1) is 18.6. The van der Waals surface area contributed by atoms with Gasteiger partial charge in [-0.2, -0.15) is 14.7 Å². The number of fused-ring (bicyclic) bond motifs is 1. The average Bonchev–Trinajstić information content (AvgIpc) is 3.56. The molecule has 13 heteroatoms. The highest BCUT2D eigenvalue weighted by atomic mass is 32.2. The first-order valence-electron chi connectivity index (χ1n) is 12.5. The van der Waals surface area contributed by atoms with Gasteiger partial charge in [0, 0.05) is 36.6 Å². The SMILES string of the molecule is COCCO[C@]1(C(=O)O)CC[C@@H](c2nc3c(-c4cnn(-c5ccccc5)c4)cnn3c(N)c2S(C)(=O)=O)CC1. The lowest BCUT2D eigenvalue weighted by molar-refractivity contribution is -0.173. The highest BCUT2D eigenvalue weighted by Gasteiger charge is 2.44. The summed E-state index contributed by atoms with van der Waals surface area (Å²) in [4.78, 5) is 16.8. The Balaban J connectivity index is 1.54. The number of methoxy groups -OCH3 is 1. The van der Waals surface area contributed by atoms with Crippen molar-refractivity contribution in [1.82, 2.24) is 24.4 Å². The van der Waals surface area contributed by atoms with Crippen molar-refractivity contribution < 1.29 is 27.8 Å². The molecule has 1 fully saturated rings. The van der Waals surface area contributed by atoms with Crippen molar-refractivity contribution in [2.45, 2.75) is 42.1 Å². The van der Waals surface area contributed by atoms with E-state index < -0.39 is 21.4 Å². The Morgan fingerprint density at radius 2 is 1.87 bits per heavy atom. The van der Waals surface area contributed by atoms with E-state index in [4.69, 9.17) is 20.2 Å². The minimum absolute atomic E-state index is 0.0365. The van der Waals surface area contributed by atoms with E-state index in [1.807, 2.05) is 36.5 Å². The van der Waals surface area contributed by atoms with Crippen LogP contribution in [0.3, 0.4) is 0 Å². The molecule has 0 radical (unpaired) electrons. The standard InChI is InChI=1S/C26H30N6O6S/c1-37-12-13-38-26(25(33)34)10-8-17(9-11-26)21-22(39(2,35)36)23(27)32-24(30-21)20(15-29-32)18-14-28-31(16-18)19-6-4-3-5-7-19/h3-7,14-17H,8-13,27H2,1-2H3,(H,33,34)/t17-,26-. The summed E-state index contributed by atoms with van der Waals surface area (Å²) in [6.45, 7) is 0.422. The number of ether oxygens (including phenoxy) is 2. The lowest BCUT2D eigenvalue weighted by atomic mass is 9.77. The number of carbonyl (C=O) groups is 1. The summed E-state index contributed by atoms with van der Waals surface area (Å²) >= 11 is 0. The van der Waals surface area contributed by atoms with Gasteiger partial charge in [0.1, 0.15) is 10.7 Å². The highest BCUT2D eigenvalue weighted by molar-refractivity contribution is 7.91. The predicted octanol–water partition coefficient (Wildman–Crippen LogP) is 2.71. The largest absolute Gasteiger partial charge is 0.479 e. The number of nitrogens with zero attached hydrogens (tertiary/aromatic N) is 5. The maximum Gasteiger partial charge on any atom is 0.335 e. The number of benzene rings is 1. The van der Waals surface area contributed by atoms with Crippen molar-refractivity contribution in [3.63, 3.8) is 0 Å². The van der Waals surface area contributed by atoms with Gasteiger partial charge >= 0.3 is 5.97 Å². The number of hydrogen-bond donors (Lipinski definition) is 2. The van der Waals surface area contributed by atoms with E-state index in [1.54, 1.807) is 17.1 Å². The fourth-order valence-corrected chi connectivity index (χ4v) is 6.22. The molecule has 12 nitrogen and oxygen atoms in total. The molecule has 0 amide bonds. The van der Waals surface area contributed by atoms with Crippen molar-refractivity contribution in [2.24, 2.45) is 0 Å². The fraction of sp³-hybridized carbons (Fsp3) is 0.385. The second-order valence-electron chi connectivity index (χ2n) is 9.70. The van der Waals surface area contributed by atoms with E-state index in [1.165, 1.54) is 11.6 Å². The number of sulfone groups is 1. The van der Waals surface area contributed by atoms with Crippen LogP contribution in [0.25, 0.3) is 22.5 Å². The summed E-state index contributed by atoms with van der Waals surface area (Å²) in [6.07, 6.45) is 7.31. The molecule has 5 rings (SSSR count). The van der Waals surface area contributed by atoms with Crippen molar-refractivity contribution in [1.29, 1.82) is 0 Å². The number of para-hydroxylation sites is 1. The minimum Gasteiger partial charge on any atom is -0.479 e. The highest BCUT2D eigenvalue weighted by Crippen LogP contribution is 2.43. The molecule has 206 valence electrons. The number of anilines is 1. The molecule has 0 spiro atoms. The molecule has 0 bridgehead atoms. The number of carboxylic acid groups (broad SMARTS) is 1. The van der Waals surface area contributed by atoms with Gasteiger partial charge in [0.05, 0.1) is 37.0 Å². The Morgan fingerprint density at radius 3 is 2.51 bits per heavy atom. The molecule has 1 aliphatic rings. The maximum absolute atomic E-state index is 12.9. The normalized spacial score (nSPS) is 19.9. The number of nitrogen functional groups attached to an aromatic ring is 1. The van der Waals surface area contributed by atoms with Crippen LogP contribution in [0, 0.1) is 0 Å². The summed E-state index contributed by atoms with van der Waals surface area (Å²) in [5.74, 6) is -1.42. The second-order valence-corrected chi connectivity index (χ2v) is 11.7. The van der Waals surface area contributed by atoms with Gasteiger partial charge in [0.25, 0.3) is 0 Å². The molecule has 1 saturated carbocycles. The zero-order valence-electron chi connectivity index (χ0n) is 21.6. The van der Waals surface area contributed by atoms with Gasteiger partial charge in [0.15, 0.2) is 21.1 Å². The smallest absolute Gasteiger partial charge is 0.335 e. The van der Waals surface area contributed by atoms with Crippen LogP contribution in [-0.4, -0.2) is 76.1 Å². The molecule has 1 aromatic carbocycles. The third-order valence-corrected chi connectivity index (χ3v) is 8.34. The Morgan fingerprint density at radius 1 is 1.15 bits per heavy atom. The van der Waals surface area contributed by atoms with Gasteiger partial charge in [-0.15, -0.1) is 0 Å². The third kappa shape index (κ3) is 5.00. The fourth-order valence-electron chi connectivity index (χ4n) is 5.16. The number of carboxylic acids is 1. The molecule has 4 aromatic rings. The van der Waals surface area contributed by atoms with Crippen LogP contribution in [-0.2, 0) is 24.1 Å². The zero-order chi connectivity index (χ0) is 27.8. The number of aliphatic carboxylic acids is 1. The Labute approximate surface area is 225 Å². The van der Waals surface area contributed by atoms with E-state index in [9.17, 15) is 18.3 Å². The van der Waals surface area contributed by atoms with Crippen LogP contribution in [0.1, 0.15) is 37.3 Å². The van der Waals surface area contributed by atoms with Gasteiger partial charge in [-0.1, -0.05) is 18.2 Å². The number of rotatable bonds is 9. The van der Waals surface area contributed by atoms with Crippen LogP contribution < -0.4 is 5.73 Å². The van der Waals surface area contributed by atoms with Gasteiger partial charge in [-0.25, -0.2) is 22.9 Å². The zero-order valence-corrected chi connectivity index (χ0v) is 22.5. The lowest BCUT2D eigenvalue weighted by Gasteiger charge is -2.36. The van der Waals surface area contributed by atoms with Crippen LogP contribution in [0.2, 0.25) is 0 Å². The van der Waals surface area contributed by atoms with Crippen molar-refractivity contribution in [3.8, 4) is 16.8 Å². The van der Waals surface area contributed by atoms with Gasteiger partial charge in [-0.05, 0) is 37.8 Å². The average molecular weight is 555 g/mol. The first kappa shape index (κ1) is 26.8. The van der Waals surface area contributed by atoms with Crippen molar-refractivity contribution in [2.75, 3.05) is 32.3 Å². The second kappa shape index (κ2) is 10.4. The topological polar surface area (TPSA) is 164 Å². The molecular weight excluding hydrogens is 524 g/mol. The van der Waals surface area contributed by atoms with E-state index >= 15 is 0 Å². The van der Waals surface area contributed by atoms with E-state index in [0.717, 1.165) is 17.5 Å². The molecule has 0 saturated heterocycles. The molecular formula is C26H30N6O6S. The van der Waals surface area contributed by atoms with Crippen LogP contribution in [0.15, 0.2) is 53.8 Å². The van der Waals surface area contributed by atoms with Crippen LogP contribution >= 0.6 is 0 Å². The summed E-state index contributed by atoms with van der Waals surface area (Å²) < 4.78 is 39.6. The van der Waals surface area contributed by atoms with Crippen molar-refractivity contribution >= 4 is 27.3 Å². The maximum atomic E-state index is 12.9. The minimum atomic E-state index is -3.78. The van der Waals surface area contributed by atoms with Gasteiger partial charge < -0.3 is 20.3 Å². The Bertz CT molecular complexity index is 1610. The molecule has 0 unspecified atom stereocenters. The summed E-state index contributed by atoms with van der Waals surface area (Å²) in [5, 5.41) is 18.7. The van der Waals surface area contributed by atoms with E-state index in [0.29, 0.717) is 29.7 Å². The number of hydrogen-bond acceptors (Lipinski definition) is 9. The van der Waals surface area contributed by atoms with E-state index in [2.05, 4.69) is 10.2 Å². The Hall–Kier alpha value is -3.81. The Kier molecular flexibility index (Phi) is 7.14. The predicted molar refractivity (Wildman–Crippen MR) is 142 cm³/mol. The third-order valence-electron chi connectivity index (χ3n) is 7.18. The summed E-state index contributed by atoms with van der Waals surface area (Å²) in [5.41, 5.74) is 8.02. The molecule has 39 heavy (non-hydrogen) atoms. The molecule has 0 aliphatic heterocycles.